The lowest BCUT2D eigenvalue weighted by atomic mass is 10.1. The average Bonchev–Trinajstić information content (AvgIpc) is 3.62. The molecule has 0 aliphatic carbocycles. The second kappa shape index (κ2) is 14.0. The van der Waals surface area contributed by atoms with E-state index >= 15 is 0 Å². The number of benzene rings is 4. The molecule has 0 saturated carbocycles. The minimum absolute atomic E-state index is 0.0286. The molecule has 2 aromatic heterocycles. The van der Waals surface area contributed by atoms with Crippen LogP contribution in [0.4, 0.5) is 11.4 Å². The van der Waals surface area contributed by atoms with Gasteiger partial charge in [-0.25, -0.2) is 0 Å². The molecule has 6 rings (SSSR count). The number of hydrogen-bond acceptors (Lipinski definition) is 7. The first-order chi connectivity index (χ1) is 22.1. The van der Waals surface area contributed by atoms with Crippen LogP contribution in [0.5, 0.6) is 11.5 Å². The maximum absolute atomic E-state index is 11.1. The number of nitrogen functional groups attached to an aromatic ring is 1. The summed E-state index contributed by atoms with van der Waals surface area (Å²) in [4.78, 5) is 38.8. The van der Waals surface area contributed by atoms with E-state index in [1.807, 2.05) is 54.6 Å². The number of primary amides is 2. The van der Waals surface area contributed by atoms with E-state index in [-0.39, 0.29) is 31.0 Å². The lowest BCUT2D eigenvalue weighted by Gasteiger charge is -2.07. The van der Waals surface area contributed by atoms with Crippen LogP contribution >= 0.6 is 0 Å². The molecule has 0 radical (unpaired) electrons. The standard InChI is InChI=1S/C17H15N3O4.C17H17N3O2/c18-17(21)7-12-9-19-16-5-4-14(8-15(12)16)24-10-11-2-1-3-13(6-11)20(22)23;18-13-3-1-2-11(6-13)10-22-14-4-5-16-15(8-14)12(9-20-16)7-17(19)21/h1-6,8-9,19H,7,10H2,(H2,18,21);1-6,8-9,20H,7,10,18H2,(H2,19,21). The van der Waals surface area contributed by atoms with Crippen molar-refractivity contribution in [3.8, 4) is 11.5 Å². The third kappa shape index (κ3) is 7.99. The second-order valence-electron chi connectivity index (χ2n) is 10.6. The number of nitro groups is 1. The lowest BCUT2D eigenvalue weighted by Crippen LogP contribution is -2.13. The van der Waals surface area contributed by atoms with Crippen molar-refractivity contribution in [3.63, 3.8) is 0 Å². The molecule has 0 aliphatic heterocycles. The van der Waals surface area contributed by atoms with E-state index in [9.17, 15) is 19.7 Å². The van der Waals surface area contributed by atoms with Crippen LogP contribution in [0.1, 0.15) is 22.3 Å². The zero-order chi connectivity index (χ0) is 32.6. The van der Waals surface area contributed by atoms with Crippen LogP contribution < -0.4 is 26.7 Å². The molecule has 6 aromatic rings. The fraction of sp³-hybridized carbons (Fsp3) is 0.118. The Hall–Kier alpha value is -6.30. The number of H-pyrrole nitrogens is 2. The smallest absolute Gasteiger partial charge is 0.269 e. The molecule has 0 fully saturated rings. The quantitative estimate of drug-likeness (QED) is 0.0757. The molecule has 0 aliphatic rings. The van der Waals surface area contributed by atoms with Crippen LogP contribution in [-0.2, 0) is 35.6 Å². The highest BCUT2D eigenvalue weighted by atomic mass is 16.6. The molecule has 0 atom stereocenters. The van der Waals surface area contributed by atoms with Crippen molar-refractivity contribution >= 4 is 45.0 Å². The third-order valence-corrected chi connectivity index (χ3v) is 7.09. The number of ether oxygens (including phenoxy) is 2. The molecule has 12 nitrogen and oxygen atoms in total. The number of non-ortho nitro benzene ring substituents is 1. The zero-order valence-corrected chi connectivity index (χ0v) is 24.7. The molecule has 46 heavy (non-hydrogen) atoms. The van der Waals surface area contributed by atoms with Gasteiger partial charge >= 0.3 is 0 Å². The second-order valence-corrected chi connectivity index (χ2v) is 10.6. The van der Waals surface area contributed by atoms with Crippen molar-refractivity contribution in [2.24, 2.45) is 11.5 Å². The largest absolute Gasteiger partial charge is 0.489 e. The number of amides is 2. The summed E-state index contributed by atoms with van der Waals surface area (Å²) >= 11 is 0. The van der Waals surface area contributed by atoms with E-state index < -0.39 is 10.8 Å². The minimum Gasteiger partial charge on any atom is -0.489 e. The number of nitrogens with two attached hydrogens (primary N) is 3. The number of hydrogen-bond donors (Lipinski definition) is 5. The number of carbonyl (C=O) groups is 2. The number of fused-ring (bicyclic) bond motifs is 2. The van der Waals surface area contributed by atoms with Gasteiger partial charge in [0.25, 0.3) is 5.69 Å². The summed E-state index contributed by atoms with van der Waals surface area (Å²) in [6.07, 6.45) is 3.91. The van der Waals surface area contributed by atoms with Gasteiger partial charge in [-0.1, -0.05) is 24.3 Å². The fourth-order valence-corrected chi connectivity index (χ4v) is 4.94. The van der Waals surface area contributed by atoms with Gasteiger partial charge in [-0.3, -0.25) is 19.7 Å². The van der Waals surface area contributed by atoms with Gasteiger partial charge in [0.1, 0.15) is 24.7 Å². The number of anilines is 1. The molecule has 8 N–H and O–H groups in total. The van der Waals surface area contributed by atoms with Crippen LogP contribution in [0.25, 0.3) is 21.8 Å². The summed E-state index contributed by atoms with van der Waals surface area (Å²) < 4.78 is 11.5. The lowest BCUT2D eigenvalue weighted by molar-refractivity contribution is -0.384. The van der Waals surface area contributed by atoms with Gasteiger partial charge in [0.2, 0.25) is 11.8 Å². The maximum Gasteiger partial charge on any atom is 0.269 e. The Labute approximate surface area is 263 Å². The topological polar surface area (TPSA) is 205 Å². The Morgan fingerprint density at radius 3 is 1.67 bits per heavy atom. The molecule has 234 valence electrons. The Kier molecular flexibility index (Phi) is 9.47. The van der Waals surface area contributed by atoms with Crippen LogP contribution in [0.15, 0.2) is 97.3 Å². The first-order valence-corrected chi connectivity index (χ1v) is 14.2. The Balaban J connectivity index is 0.000000182. The van der Waals surface area contributed by atoms with E-state index in [0.29, 0.717) is 23.6 Å². The summed E-state index contributed by atoms with van der Waals surface area (Å²) in [7, 11) is 0. The molecule has 0 saturated heterocycles. The Bertz CT molecular complexity index is 2030. The van der Waals surface area contributed by atoms with E-state index in [2.05, 4.69) is 9.97 Å². The first kappa shape index (κ1) is 31.1. The number of carbonyl (C=O) groups excluding carboxylic acids is 2. The van der Waals surface area contributed by atoms with Crippen molar-refractivity contribution in [2.75, 3.05) is 5.73 Å². The van der Waals surface area contributed by atoms with E-state index in [1.165, 1.54) is 12.1 Å². The zero-order valence-electron chi connectivity index (χ0n) is 24.7. The van der Waals surface area contributed by atoms with Crippen molar-refractivity contribution in [3.05, 3.63) is 130 Å². The van der Waals surface area contributed by atoms with E-state index in [0.717, 1.165) is 44.2 Å². The van der Waals surface area contributed by atoms with Crippen molar-refractivity contribution in [2.45, 2.75) is 26.1 Å². The highest BCUT2D eigenvalue weighted by Gasteiger charge is 2.10. The molecule has 2 amide bonds. The Morgan fingerprint density at radius 2 is 1.20 bits per heavy atom. The normalized spacial score (nSPS) is 10.7. The molecule has 2 heterocycles. The van der Waals surface area contributed by atoms with E-state index in [4.69, 9.17) is 26.7 Å². The van der Waals surface area contributed by atoms with Gasteiger partial charge in [0, 0.05) is 52.0 Å². The molecule has 0 bridgehead atoms. The molecule has 0 unspecified atom stereocenters. The summed E-state index contributed by atoms with van der Waals surface area (Å²) in [6, 6.07) is 25.1. The van der Waals surface area contributed by atoms with Crippen LogP contribution in [-0.4, -0.2) is 26.7 Å². The SMILES string of the molecule is NC(=O)Cc1c[nH]c2ccc(OCc3cccc(N)c3)cc12.NC(=O)Cc1c[nH]c2ccc(OCc3cccc([N+](=O)[O-])c3)cc12. The predicted molar refractivity (Wildman–Crippen MR) is 175 cm³/mol. The Morgan fingerprint density at radius 1 is 0.696 bits per heavy atom. The van der Waals surface area contributed by atoms with Crippen LogP contribution in [0.3, 0.4) is 0 Å². The number of nitrogens with zero attached hydrogens (tertiary/aromatic N) is 1. The molecular formula is C34H32N6O6. The van der Waals surface area contributed by atoms with Gasteiger partial charge in [0.15, 0.2) is 0 Å². The fourth-order valence-electron chi connectivity index (χ4n) is 4.94. The summed E-state index contributed by atoms with van der Waals surface area (Å²) in [5.74, 6) is 0.588. The summed E-state index contributed by atoms with van der Waals surface area (Å²) in [6.45, 7) is 0.648. The average molecular weight is 621 g/mol. The minimum atomic E-state index is -0.439. The molecule has 4 aromatic carbocycles. The van der Waals surface area contributed by atoms with Gasteiger partial charge in [0.05, 0.1) is 17.8 Å². The third-order valence-electron chi connectivity index (χ3n) is 7.09. The number of nitrogens with one attached hydrogen (secondary N) is 2. The first-order valence-electron chi connectivity index (χ1n) is 14.2. The molecule has 12 heteroatoms. The summed E-state index contributed by atoms with van der Waals surface area (Å²) in [5, 5.41) is 12.6. The van der Waals surface area contributed by atoms with Gasteiger partial charge in [-0.15, -0.1) is 0 Å². The molecule has 0 spiro atoms. The highest BCUT2D eigenvalue weighted by molar-refractivity contribution is 5.90. The van der Waals surface area contributed by atoms with Gasteiger partial charge in [-0.2, -0.15) is 0 Å². The van der Waals surface area contributed by atoms with Crippen molar-refractivity contribution in [1.82, 2.24) is 9.97 Å². The van der Waals surface area contributed by atoms with E-state index in [1.54, 1.807) is 30.6 Å². The number of rotatable bonds is 11. The number of aromatic amines is 2. The molecular weight excluding hydrogens is 588 g/mol. The van der Waals surface area contributed by atoms with Crippen molar-refractivity contribution < 1.29 is 24.0 Å². The maximum atomic E-state index is 11.1. The van der Waals surface area contributed by atoms with Gasteiger partial charge < -0.3 is 36.6 Å². The highest BCUT2D eigenvalue weighted by Crippen LogP contribution is 2.26. The van der Waals surface area contributed by atoms with Crippen LogP contribution in [0, 0.1) is 10.1 Å². The predicted octanol–water partition coefficient (Wildman–Crippen LogP) is 5.04. The van der Waals surface area contributed by atoms with Crippen molar-refractivity contribution in [1.29, 1.82) is 0 Å². The number of aromatic nitrogens is 2. The van der Waals surface area contributed by atoms with Gasteiger partial charge in [-0.05, 0) is 70.8 Å². The number of nitro benzene ring substituents is 1. The summed E-state index contributed by atoms with van der Waals surface area (Å²) in [5.41, 5.74) is 22.2. The van der Waals surface area contributed by atoms with Crippen LogP contribution in [0.2, 0.25) is 0 Å². The monoisotopic (exact) mass is 620 g/mol.